The second kappa shape index (κ2) is 7.30. The largest absolute Gasteiger partial charge is 0.350 e. The minimum atomic E-state index is -0.347. The summed E-state index contributed by atoms with van der Waals surface area (Å²) >= 11 is 0. The van der Waals surface area contributed by atoms with E-state index in [1.54, 1.807) is 16.9 Å². The molecule has 2 amide bonds. The Morgan fingerprint density at radius 2 is 2.04 bits per heavy atom. The average molecular weight is 356 g/mol. The second-order valence-corrected chi connectivity index (χ2v) is 6.35. The summed E-state index contributed by atoms with van der Waals surface area (Å²) in [6.45, 7) is 6.08. The number of nitrogens with one attached hydrogen (secondary N) is 3. The van der Waals surface area contributed by atoms with Gasteiger partial charge in [-0.3, -0.25) is 9.59 Å². The molecule has 3 aromatic heterocycles. The van der Waals surface area contributed by atoms with Crippen molar-refractivity contribution in [1.82, 2.24) is 40.6 Å². The highest BCUT2D eigenvalue weighted by Gasteiger charge is 2.21. The molecule has 0 radical (unpaired) electrons. The van der Waals surface area contributed by atoms with E-state index in [9.17, 15) is 9.59 Å². The molecule has 26 heavy (non-hydrogen) atoms. The summed E-state index contributed by atoms with van der Waals surface area (Å²) in [5.74, 6) is -0.534. The number of aryl methyl sites for hydroxylation is 1. The van der Waals surface area contributed by atoms with Crippen molar-refractivity contribution < 1.29 is 9.59 Å². The van der Waals surface area contributed by atoms with Gasteiger partial charge in [-0.1, -0.05) is 13.8 Å². The van der Waals surface area contributed by atoms with Gasteiger partial charge in [0.1, 0.15) is 5.56 Å². The van der Waals surface area contributed by atoms with Gasteiger partial charge in [0.25, 0.3) is 11.8 Å². The number of hydrogen-bond acceptors (Lipinski definition) is 6. The van der Waals surface area contributed by atoms with Gasteiger partial charge in [-0.25, -0.2) is 9.50 Å². The third-order valence-corrected chi connectivity index (χ3v) is 3.98. The van der Waals surface area contributed by atoms with E-state index >= 15 is 0 Å². The monoisotopic (exact) mass is 356 g/mol. The molecule has 0 saturated carbocycles. The van der Waals surface area contributed by atoms with Crippen LogP contribution in [0.2, 0.25) is 0 Å². The first kappa shape index (κ1) is 17.5. The van der Waals surface area contributed by atoms with Crippen LogP contribution in [0.1, 0.15) is 40.3 Å². The van der Waals surface area contributed by atoms with Crippen LogP contribution in [0.15, 0.2) is 24.8 Å². The number of carbonyl (C=O) groups is 2. The van der Waals surface area contributed by atoms with E-state index in [1.165, 1.54) is 12.4 Å². The van der Waals surface area contributed by atoms with Gasteiger partial charge in [0.15, 0.2) is 11.3 Å². The molecule has 0 aromatic carbocycles. The number of nitrogens with zero attached hydrogens (tertiary/aromatic N) is 5. The molecule has 3 heterocycles. The van der Waals surface area contributed by atoms with Gasteiger partial charge in [-0.15, -0.1) is 0 Å². The van der Waals surface area contributed by atoms with Crippen LogP contribution in [0, 0.1) is 12.8 Å². The normalized spacial score (nSPS) is 12.3. The van der Waals surface area contributed by atoms with Crippen LogP contribution < -0.4 is 10.6 Å². The number of hydrogen-bond donors (Lipinski definition) is 3. The molecule has 10 heteroatoms. The Balaban J connectivity index is 1.66. The molecule has 3 rings (SSSR count). The molecule has 3 N–H and O–H groups in total. The van der Waals surface area contributed by atoms with Gasteiger partial charge in [-0.05, 0) is 18.4 Å². The van der Waals surface area contributed by atoms with Crippen molar-refractivity contribution in [3.63, 3.8) is 0 Å². The number of rotatable bonds is 6. The Hall–Kier alpha value is -3.30. The first-order chi connectivity index (χ1) is 12.5. The van der Waals surface area contributed by atoms with Crippen molar-refractivity contribution in [3.05, 3.63) is 41.6 Å². The van der Waals surface area contributed by atoms with E-state index in [-0.39, 0.29) is 36.0 Å². The van der Waals surface area contributed by atoms with E-state index in [0.717, 1.165) is 5.56 Å². The van der Waals surface area contributed by atoms with Crippen LogP contribution in [-0.4, -0.2) is 54.4 Å². The van der Waals surface area contributed by atoms with Gasteiger partial charge >= 0.3 is 0 Å². The highest BCUT2D eigenvalue weighted by Crippen LogP contribution is 2.09. The second-order valence-electron chi connectivity index (χ2n) is 6.35. The molecule has 136 valence electrons. The smallest absolute Gasteiger partial charge is 0.273 e. The Morgan fingerprint density at radius 1 is 1.23 bits per heavy atom. The predicted octanol–water partition coefficient (Wildman–Crippen LogP) is 0.340. The average Bonchev–Trinajstić information content (AvgIpc) is 3.26. The van der Waals surface area contributed by atoms with E-state index < -0.39 is 0 Å². The fourth-order valence-corrected chi connectivity index (χ4v) is 2.43. The predicted molar refractivity (Wildman–Crippen MR) is 92.5 cm³/mol. The summed E-state index contributed by atoms with van der Waals surface area (Å²) < 4.78 is 1.57. The summed E-state index contributed by atoms with van der Waals surface area (Å²) in [5.41, 5.74) is 2.02. The lowest BCUT2D eigenvalue weighted by Crippen LogP contribution is -2.46. The highest BCUT2D eigenvalue weighted by molar-refractivity contribution is 5.99. The Kier molecular flexibility index (Phi) is 4.92. The fourth-order valence-electron chi connectivity index (χ4n) is 2.43. The molecule has 10 nitrogen and oxygen atoms in total. The number of fused-ring (bicyclic) bond motifs is 1. The summed E-state index contributed by atoms with van der Waals surface area (Å²) in [4.78, 5) is 28.9. The molecule has 1 atom stereocenters. The third-order valence-electron chi connectivity index (χ3n) is 3.98. The van der Waals surface area contributed by atoms with Crippen molar-refractivity contribution >= 4 is 17.5 Å². The van der Waals surface area contributed by atoms with Crippen LogP contribution in [0.25, 0.3) is 5.65 Å². The van der Waals surface area contributed by atoms with Crippen LogP contribution in [0.5, 0.6) is 0 Å². The number of H-pyrrole nitrogens is 1. The molecule has 0 saturated heterocycles. The van der Waals surface area contributed by atoms with Crippen molar-refractivity contribution in [3.8, 4) is 0 Å². The SMILES string of the molecule is Cc1cnc2c(C(=O)NCC(NC(=O)c3cn[nH]n3)C(C)C)cnn2c1. The first-order valence-corrected chi connectivity index (χ1v) is 8.20. The summed E-state index contributed by atoms with van der Waals surface area (Å²) in [6, 6.07) is -0.264. The van der Waals surface area contributed by atoms with E-state index in [0.29, 0.717) is 11.2 Å². The molecular formula is C16H20N8O2. The molecule has 3 aromatic rings. The lowest BCUT2D eigenvalue weighted by Gasteiger charge is -2.22. The number of aromatic nitrogens is 6. The highest BCUT2D eigenvalue weighted by atomic mass is 16.2. The third kappa shape index (κ3) is 3.68. The van der Waals surface area contributed by atoms with Crippen molar-refractivity contribution in [2.45, 2.75) is 26.8 Å². The van der Waals surface area contributed by atoms with Crippen LogP contribution in [0.3, 0.4) is 0 Å². The molecule has 0 spiro atoms. The minimum absolute atomic E-state index is 0.107. The van der Waals surface area contributed by atoms with Gasteiger partial charge in [0.2, 0.25) is 0 Å². The topological polar surface area (TPSA) is 130 Å². The van der Waals surface area contributed by atoms with E-state index in [2.05, 4.69) is 36.1 Å². The van der Waals surface area contributed by atoms with Gasteiger partial charge in [0.05, 0.1) is 12.4 Å². The Labute approximate surface area is 149 Å². The van der Waals surface area contributed by atoms with Crippen molar-refractivity contribution in [2.75, 3.05) is 6.54 Å². The molecular weight excluding hydrogens is 336 g/mol. The van der Waals surface area contributed by atoms with Crippen molar-refractivity contribution in [2.24, 2.45) is 5.92 Å². The lowest BCUT2D eigenvalue weighted by molar-refractivity contribution is 0.0894. The van der Waals surface area contributed by atoms with E-state index in [1.807, 2.05) is 20.8 Å². The maximum Gasteiger partial charge on any atom is 0.273 e. The zero-order valence-electron chi connectivity index (χ0n) is 14.7. The Bertz CT molecular complexity index is 916. The Morgan fingerprint density at radius 3 is 2.73 bits per heavy atom. The number of aromatic amines is 1. The summed E-state index contributed by atoms with van der Waals surface area (Å²) in [5, 5.41) is 19.6. The maximum absolute atomic E-state index is 12.5. The molecule has 0 bridgehead atoms. The number of amides is 2. The van der Waals surface area contributed by atoms with Gasteiger partial charge in [-0.2, -0.15) is 20.5 Å². The van der Waals surface area contributed by atoms with Gasteiger partial charge in [0, 0.05) is 25.0 Å². The number of carbonyl (C=O) groups excluding carboxylic acids is 2. The van der Waals surface area contributed by atoms with Crippen LogP contribution in [0.4, 0.5) is 0 Å². The minimum Gasteiger partial charge on any atom is -0.350 e. The standard InChI is InChI=1S/C16H20N8O2/c1-9(2)12(21-16(26)13-7-19-23-22-13)6-18-15(25)11-5-20-24-8-10(3)4-17-14(11)24/h4-5,7-9,12H,6H2,1-3H3,(H,18,25)(H,21,26)(H,19,22,23). The van der Waals surface area contributed by atoms with Gasteiger partial charge < -0.3 is 10.6 Å². The first-order valence-electron chi connectivity index (χ1n) is 8.20. The maximum atomic E-state index is 12.5. The molecule has 0 fully saturated rings. The molecule has 0 aliphatic heterocycles. The van der Waals surface area contributed by atoms with E-state index in [4.69, 9.17) is 0 Å². The molecule has 0 aliphatic rings. The zero-order chi connectivity index (χ0) is 18.7. The van der Waals surface area contributed by atoms with Crippen LogP contribution in [-0.2, 0) is 0 Å². The molecule has 0 aliphatic carbocycles. The summed E-state index contributed by atoms with van der Waals surface area (Å²) in [7, 11) is 0. The lowest BCUT2D eigenvalue weighted by atomic mass is 10.0. The molecule has 1 unspecified atom stereocenters. The van der Waals surface area contributed by atoms with Crippen molar-refractivity contribution in [1.29, 1.82) is 0 Å². The zero-order valence-corrected chi connectivity index (χ0v) is 14.7. The summed E-state index contributed by atoms with van der Waals surface area (Å²) in [6.07, 6.45) is 6.31. The quantitative estimate of drug-likeness (QED) is 0.584. The van der Waals surface area contributed by atoms with Crippen LogP contribution >= 0.6 is 0 Å². The fraction of sp³-hybridized carbons (Fsp3) is 0.375.